The largest absolute Gasteiger partial charge is 0.481 e. The van der Waals surface area contributed by atoms with E-state index in [1.165, 1.54) is 0 Å². The Morgan fingerprint density at radius 2 is 2.06 bits per heavy atom. The zero-order valence-electron chi connectivity index (χ0n) is 9.53. The molecule has 1 aliphatic rings. The van der Waals surface area contributed by atoms with E-state index in [4.69, 9.17) is 5.11 Å². The number of unbranched alkanes of at least 4 members (excludes halogenated alkanes) is 2. The average Bonchev–Trinajstić information content (AvgIpc) is 2.43. The molecule has 0 aromatic rings. The third-order valence-electron chi connectivity index (χ3n) is 3.01. The van der Waals surface area contributed by atoms with Gasteiger partial charge >= 0.3 is 5.97 Å². The van der Waals surface area contributed by atoms with Crippen LogP contribution in [0.5, 0.6) is 0 Å². The van der Waals surface area contributed by atoms with Crippen LogP contribution in [0.15, 0.2) is 11.1 Å². The van der Waals surface area contributed by atoms with Gasteiger partial charge in [0.05, 0.1) is 6.10 Å². The molecular formula is C12H18O4. The highest BCUT2D eigenvalue weighted by atomic mass is 16.4. The molecule has 0 saturated heterocycles. The summed E-state index contributed by atoms with van der Waals surface area (Å²) in [5, 5.41) is 17.9. The number of carbonyl (C=O) groups is 2. The summed E-state index contributed by atoms with van der Waals surface area (Å²) in [6.45, 7) is 1.79. The van der Waals surface area contributed by atoms with Crippen LogP contribution in [-0.4, -0.2) is 28.1 Å². The van der Waals surface area contributed by atoms with Crippen molar-refractivity contribution in [2.24, 2.45) is 0 Å². The Kier molecular flexibility index (Phi) is 4.68. The summed E-state index contributed by atoms with van der Waals surface area (Å²) < 4.78 is 0. The van der Waals surface area contributed by atoms with Gasteiger partial charge in [0.2, 0.25) is 0 Å². The molecule has 0 aromatic heterocycles. The van der Waals surface area contributed by atoms with Crippen molar-refractivity contribution in [1.29, 1.82) is 0 Å². The number of allylic oxidation sites excluding steroid dienone is 1. The molecule has 0 fully saturated rings. The van der Waals surface area contributed by atoms with Gasteiger partial charge in [-0.05, 0) is 37.3 Å². The number of carboxylic acid groups (broad SMARTS) is 1. The van der Waals surface area contributed by atoms with Crippen LogP contribution in [0.25, 0.3) is 0 Å². The van der Waals surface area contributed by atoms with Gasteiger partial charge in [0.15, 0.2) is 5.78 Å². The Balaban J connectivity index is 2.27. The first-order valence-corrected chi connectivity index (χ1v) is 5.65. The molecule has 2 N–H and O–H groups in total. The highest BCUT2D eigenvalue weighted by Gasteiger charge is 2.26. The van der Waals surface area contributed by atoms with E-state index in [0.717, 1.165) is 24.0 Å². The summed E-state index contributed by atoms with van der Waals surface area (Å²) in [5.41, 5.74) is 1.55. The molecule has 1 atom stereocenters. The molecule has 1 rings (SSSR count). The van der Waals surface area contributed by atoms with Crippen molar-refractivity contribution in [2.75, 3.05) is 0 Å². The first kappa shape index (κ1) is 12.9. The number of hydrogen-bond donors (Lipinski definition) is 2. The number of ketones is 1. The molecule has 0 aromatic carbocycles. The van der Waals surface area contributed by atoms with E-state index in [-0.39, 0.29) is 18.6 Å². The van der Waals surface area contributed by atoms with Gasteiger partial charge in [-0.25, -0.2) is 0 Å². The lowest BCUT2D eigenvalue weighted by Gasteiger charge is -2.03. The third-order valence-corrected chi connectivity index (χ3v) is 3.01. The maximum Gasteiger partial charge on any atom is 0.303 e. The smallest absolute Gasteiger partial charge is 0.303 e. The van der Waals surface area contributed by atoms with Crippen LogP contribution in [0.1, 0.15) is 45.4 Å². The maximum absolute atomic E-state index is 11.5. The SMILES string of the molecule is CC1=C(CCCCCC(=O)O)C(=O)CC1O. The van der Waals surface area contributed by atoms with Crippen molar-refractivity contribution in [3.05, 3.63) is 11.1 Å². The number of carbonyl (C=O) groups excluding carboxylic acids is 1. The maximum atomic E-state index is 11.5. The molecule has 4 heteroatoms. The molecule has 0 saturated carbocycles. The lowest BCUT2D eigenvalue weighted by molar-refractivity contribution is -0.137. The number of rotatable bonds is 6. The number of aliphatic hydroxyl groups excluding tert-OH is 1. The zero-order chi connectivity index (χ0) is 12.1. The molecule has 1 aliphatic carbocycles. The normalized spacial score (nSPS) is 20.6. The van der Waals surface area contributed by atoms with Gasteiger partial charge in [0, 0.05) is 12.8 Å². The third kappa shape index (κ3) is 3.45. The number of carboxylic acids is 1. The number of Topliss-reactive ketones (excluding diaryl/α,β-unsaturated/α-hetero) is 1. The van der Waals surface area contributed by atoms with Gasteiger partial charge in [-0.3, -0.25) is 9.59 Å². The van der Waals surface area contributed by atoms with Gasteiger partial charge < -0.3 is 10.2 Å². The average molecular weight is 226 g/mol. The Bertz CT molecular complexity index is 317. The summed E-state index contributed by atoms with van der Waals surface area (Å²) in [6.07, 6.45) is 2.76. The zero-order valence-corrected chi connectivity index (χ0v) is 9.53. The summed E-state index contributed by atoms with van der Waals surface area (Å²) >= 11 is 0. The summed E-state index contributed by atoms with van der Waals surface area (Å²) in [5.74, 6) is -0.731. The van der Waals surface area contributed by atoms with E-state index in [0.29, 0.717) is 12.8 Å². The summed E-state index contributed by atoms with van der Waals surface area (Å²) in [6, 6.07) is 0. The van der Waals surface area contributed by atoms with Gasteiger partial charge in [-0.15, -0.1) is 0 Å². The quantitative estimate of drug-likeness (QED) is 0.675. The molecule has 16 heavy (non-hydrogen) atoms. The Morgan fingerprint density at radius 3 is 2.56 bits per heavy atom. The van der Waals surface area contributed by atoms with Crippen molar-refractivity contribution < 1.29 is 19.8 Å². The van der Waals surface area contributed by atoms with Crippen molar-refractivity contribution in [3.63, 3.8) is 0 Å². The molecule has 90 valence electrons. The molecule has 1 unspecified atom stereocenters. The molecule has 0 radical (unpaired) electrons. The predicted molar refractivity (Wildman–Crippen MR) is 59.1 cm³/mol. The van der Waals surface area contributed by atoms with Crippen molar-refractivity contribution >= 4 is 11.8 Å². The lowest BCUT2D eigenvalue weighted by Crippen LogP contribution is -2.03. The Hall–Kier alpha value is -1.16. The van der Waals surface area contributed by atoms with Crippen LogP contribution >= 0.6 is 0 Å². The highest BCUT2D eigenvalue weighted by molar-refractivity contribution is 5.99. The molecule has 0 heterocycles. The second-order valence-electron chi connectivity index (χ2n) is 4.26. The van der Waals surface area contributed by atoms with Crippen LogP contribution < -0.4 is 0 Å². The molecule has 4 nitrogen and oxygen atoms in total. The fourth-order valence-corrected chi connectivity index (χ4v) is 1.96. The first-order valence-electron chi connectivity index (χ1n) is 5.65. The van der Waals surface area contributed by atoms with Crippen LogP contribution in [-0.2, 0) is 9.59 Å². The van der Waals surface area contributed by atoms with Gasteiger partial charge in [0.25, 0.3) is 0 Å². The van der Waals surface area contributed by atoms with Gasteiger partial charge in [0.1, 0.15) is 0 Å². The number of aliphatic hydroxyl groups is 1. The minimum Gasteiger partial charge on any atom is -0.481 e. The van der Waals surface area contributed by atoms with Gasteiger partial charge in [-0.2, -0.15) is 0 Å². The highest BCUT2D eigenvalue weighted by Crippen LogP contribution is 2.27. The first-order chi connectivity index (χ1) is 7.52. The van der Waals surface area contributed by atoms with Crippen LogP contribution in [0.4, 0.5) is 0 Å². The topological polar surface area (TPSA) is 74.6 Å². The fourth-order valence-electron chi connectivity index (χ4n) is 1.96. The minimum absolute atomic E-state index is 0.0447. The van der Waals surface area contributed by atoms with Crippen LogP contribution in [0, 0.1) is 0 Å². The predicted octanol–water partition coefficient (Wildman–Crippen LogP) is 1.67. The van der Waals surface area contributed by atoms with E-state index in [1.807, 2.05) is 0 Å². The van der Waals surface area contributed by atoms with Crippen LogP contribution in [0.3, 0.4) is 0 Å². The summed E-state index contributed by atoms with van der Waals surface area (Å²) in [7, 11) is 0. The Morgan fingerprint density at radius 1 is 1.38 bits per heavy atom. The van der Waals surface area contributed by atoms with Gasteiger partial charge in [-0.1, -0.05) is 6.42 Å². The van der Waals surface area contributed by atoms with E-state index in [9.17, 15) is 14.7 Å². The molecule has 0 bridgehead atoms. The van der Waals surface area contributed by atoms with Crippen LogP contribution in [0.2, 0.25) is 0 Å². The van der Waals surface area contributed by atoms with E-state index >= 15 is 0 Å². The fraction of sp³-hybridized carbons (Fsp3) is 0.667. The second-order valence-corrected chi connectivity index (χ2v) is 4.26. The van der Waals surface area contributed by atoms with E-state index < -0.39 is 12.1 Å². The Labute approximate surface area is 95.0 Å². The molecule has 0 aliphatic heterocycles. The number of aliphatic carboxylic acids is 1. The van der Waals surface area contributed by atoms with Crippen molar-refractivity contribution in [3.8, 4) is 0 Å². The molecule has 0 amide bonds. The molecular weight excluding hydrogens is 208 g/mol. The van der Waals surface area contributed by atoms with Crippen molar-refractivity contribution in [1.82, 2.24) is 0 Å². The number of hydrogen-bond acceptors (Lipinski definition) is 3. The second kappa shape index (κ2) is 5.80. The van der Waals surface area contributed by atoms with Crippen molar-refractivity contribution in [2.45, 2.75) is 51.6 Å². The minimum atomic E-state index is -0.775. The van der Waals surface area contributed by atoms with E-state index in [2.05, 4.69) is 0 Å². The standard InChI is InChI=1S/C12H18O4/c1-8-9(11(14)7-10(8)13)5-3-2-4-6-12(15)16/h10,13H,2-7H2,1H3,(H,15,16). The lowest BCUT2D eigenvalue weighted by atomic mass is 10.0. The van der Waals surface area contributed by atoms with E-state index in [1.54, 1.807) is 6.92 Å². The monoisotopic (exact) mass is 226 g/mol. The molecule has 0 spiro atoms. The summed E-state index contributed by atoms with van der Waals surface area (Å²) in [4.78, 5) is 21.7.